The number of aromatic nitrogens is 1. The van der Waals surface area contributed by atoms with E-state index in [1.165, 1.54) is 6.92 Å². The number of Topliss-reactive ketones (excluding diaryl/α,β-unsaturated/α-hetero) is 1. The number of nitriles is 1. The Bertz CT molecular complexity index is 601. The second-order valence-corrected chi connectivity index (χ2v) is 4.89. The molecule has 2 rings (SSSR count). The zero-order valence-corrected chi connectivity index (χ0v) is 11.5. The first-order valence-electron chi connectivity index (χ1n) is 5.88. The van der Waals surface area contributed by atoms with Gasteiger partial charge in [-0.15, -0.1) is 0 Å². The Labute approximate surface area is 117 Å². The van der Waals surface area contributed by atoms with E-state index in [9.17, 15) is 10.1 Å². The van der Waals surface area contributed by atoms with E-state index in [2.05, 4.69) is 16.4 Å². The van der Waals surface area contributed by atoms with Gasteiger partial charge in [-0.25, -0.2) is 0 Å². The predicted octanol–water partition coefficient (Wildman–Crippen LogP) is 2.10. The molecule has 1 aliphatic rings. The highest BCUT2D eigenvalue weighted by Crippen LogP contribution is 2.37. The van der Waals surface area contributed by atoms with Crippen LogP contribution in [0.1, 0.15) is 25.3 Å². The number of hydrogen-bond acceptors (Lipinski definition) is 4. The first-order chi connectivity index (χ1) is 9.06. The molecule has 0 fully saturated rings. The van der Waals surface area contributed by atoms with Gasteiger partial charge in [-0.1, -0.05) is 18.3 Å². The van der Waals surface area contributed by atoms with E-state index in [-0.39, 0.29) is 11.7 Å². The number of hydrogen-bond donors (Lipinski definition) is 1. The average Bonchev–Trinajstić information content (AvgIpc) is 2.38. The predicted molar refractivity (Wildman–Crippen MR) is 75.2 cm³/mol. The lowest BCUT2D eigenvalue weighted by molar-refractivity contribution is -0.114. The lowest BCUT2D eigenvalue weighted by atomic mass is 9.77. The van der Waals surface area contributed by atoms with Gasteiger partial charge in [-0.3, -0.25) is 9.78 Å². The van der Waals surface area contributed by atoms with E-state index in [1.807, 2.05) is 6.07 Å². The zero-order chi connectivity index (χ0) is 14.0. The molecule has 19 heavy (non-hydrogen) atoms. The largest absolute Gasteiger partial charge is 0.352 e. The van der Waals surface area contributed by atoms with Crippen molar-refractivity contribution in [2.75, 3.05) is 0 Å². The number of ketones is 1. The Morgan fingerprint density at radius 3 is 2.84 bits per heavy atom. The molecule has 0 aliphatic carbocycles. The SMILES string of the molecule is CC(=O)C1=C(C)NC(=S)C(C#N)C1c1cccnc1. The van der Waals surface area contributed by atoms with Gasteiger partial charge in [0, 0.05) is 29.6 Å². The van der Waals surface area contributed by atoms with Crippen molar-refractivity contribution in [3.63, 3.8) is 0 Å². The topological polar surface area (TPSA) is 65.8 Å². The lowest BCUT2D eigenvalue weighted by Gasteiger charge is -2.31. The number of allylic oxidation sites excluding steroid dienone is 2. The van der Waals surface area contributed by atoms with E-state index in [0.717, 1.165) is 11.3 Å². The molecule has 2 atom stereocenters. The molecule has 0 amide bonds. The number of nitrogens with one attached hydrogen (secondary N) is 1. The molecule has 0 aromatic carbocycles. The molecule has 0 spiro atoms. The average molecular weight is 271 g/mol. The minimum Gasteiger partial charge on any atom is -0.352 e. The summed E-state index contributed by atoms with van der Waals surface area (Å²) in [4.78, 5) is 16.4. The normalized spacial score (nSPS) is 22.7. The number of carbonyl (C=O) groups excluding carboxylic acids is 1. The van der Waals surface area contributed by atoms with Gasteiger partial charge in [0.25, 0.3) is 0 Å². The van der Waals surface area contributed by atoms with Gasteiger partial charge in [0.2, 0.25) is 0 Å². The molecule has 2 heterocycles. The molecule has 4 nitrogen and oxygen atoms in total. The third-order valence-electron chi connectivity index (χ3n) is 3.20. The van der Waals surface area contributed by atoms with E-state index in [4.69, 9.17) is 12.2 Å². The Hall–Kier alpha value is -2.06. The van der Waals surface area contributed by atoms with Gasteiger partial charge in [-0.05, 0) is 25.5 Å². The highest BCUT2D eigenvalue weighted by molar-refractivity contribution is 7.80. The summed E-state index contributed by atoms with van der Waals surface area (Å²) in [7, 11) is 0. The second-order valence-electron chi connectivity index (χ2n) is 4.45. The van der Waals surface area contributed by atoms with Crippen LogP contribution in [-0.4, -0.2) is 15.8 Å². The van der Waals surface area contributed by atoms with Crippen LogP contribution in [0.3, 0.4) is 0 Å². The molecule has 1 aromatic rings. The summed E-state index contributed by atoms with van der Waals surface area (Å²) in [5.74, 6) is -0.937. The van der Waals surface area contributed by atoms with Crippen molar-refractivity contribution in [2.24, 2.45) is 5.92 Å². The summed E-state index contributed by atoms with van der Waals surface area (Å²) in [6.45, 7) is 3.31. The molecule has 1 N–H and O–H groups in total. The number of pyridine rings is 1. The van der Waals surface area contributed by atoms with E-state index < -0.39 is 5.92 Å². The Balaban J connectivity index is 2.62. The molecule has 2 unspecified atom stereocenters. The molecule has 0 radical (unpaired) electrons. The Morgan fingerprint density at radius 2 is 2.32 bits per heavy atom. The fourth-order valence-corrected chi connectivity index (χ4v) is 2.76. The van der Waals surface area contributed by atoms with Crippen molar-refractivity contribution in [1.82, 2.24) is 10.3 Å². The number of rotatable bonds is 2. The van der Waals surface area contributed by atoms with Crippen molar-refractivity contribution in [2.45, 2.75) is 19.8 Å². The number of thiocarbonyl (C=S) groups is 1. The van der Waals surface area contributed by atoms with Crippen LogP contribution >= 0.6 is 12.2 Å². The van der Waals surface area contributed by atoms with Gasteiger partial charge in [0.05, 0.1) is 11.1 Å². The molecule has 1 aliphatic heterocycles. The third-order valence-corrected chi connectivity index (χ3v) is 3.56. The zero-order valence-electron chi connectivity index (χ0n) is 10.7. The van der Waals surface area contributed by atoms with Crippen LogP contribution < -0.4 is 5.32 Å². The van der Waals surface area contributed by atoms with Gasteiger partial charge in [0.1, 0.15) is 5.92 Å². The van der Waals surface area contributed by atoms with Gasteiger partial charge in [0.15, 0.2) is 5.78 Å². The summed E-state index contributed by atoms with van der Waals surface area (Å²) in [5, 5.41) is 12.3. The maximum atomic E-state index is 11.9. The molecule has 0 saturated carbocycles. The van der Waals surface area contributed by atoms with Crippen LogP contribution in [0.15, 0.2) is 35.8 Å². The van der Waals surface area contributed by atoms with Gasteiger partial charge < -0.3 is 5.32 Å². The molecular weight excluding hydrogens is 258 g/mol. The minimum atomic E-state index is -0.540. The van der Waals surface area contributed by atoms with Gasteiger partial charge >= 0.3 is 0 Å². The molecule has 0 saturated heterocycles. The third kappa shape index (κ3) is 2.40. The lowest BCUT2D eigenvalue weighted by Crippen LogP contribution is -2.39. The molecule has 5 heteroatoms. The maximum absolute atomic E-state index is 11.9. The number of carbonyl (C=O) groups is 1. The van der Waals surface area contributed by atoms with Crippen molar-refractivity contribution in [3.05, 3.63) is 41.4 Å². The molecule has 1 aromatic heterocycles. The first-order valence-corrected chi connectivity index (χ1v) is 6.29. The van der Waals surface area contributed by atoms with Crippen LogP contribution in [0.4, 0.5) is 0 Å². The van der Waals surface area contributed by atoms with Crippen molar-refractivity contribution < 1.29 is 4.79 Å². The smallest absolute Gasteiger partial charge is 0.158 e. The van der Waals surface area contributed by atoms with Crippen molar-refractivity contribution >= 4 is 23.0 Å². The Kier molecular flexibility index (Phi) is 3.72. The molecule has 96 valence electrons. The monoisotopic (exact) mass is 271 g/mol. The van der Waals surface area contributed by atoms with E-state index in [1.54, 1.807) is 25.4 Å². The fraction of sp³-hybridized carbons (Fsp3) is 0.286. The summed E-state index contributed by atoms with van der Waals surface area (Å²) >= 11 is 5.22. The minimum absolute atomic E-state index is 0.0541. The molecule has 0 bridgehead atoms. The van der Waals surface area contributed by atoms with Crippen LogP contribution in [0.25, 0.3) is 0 Å². The molecular formula is C14H13N3OS. The standard InChI is InChI=1S/C14H13N3OS/c1-8-12(9(2)18)13(10-4-3-5-16-7-10)11(6-15)14(19)17-8/h3-5,7,11,13H,1-2H3,(H,17,19). The van der Waals surface area contributed by atoms with Crippen LogP contribution in [0.5, 0.6) is 0 Å². The second kappa shape index (κ2) is 5.29. The van der Waals surface area contributed by atoms with E-state index in [0.29, 0.717) is 10.6 Å². The summed E-state index contributed by atoms with van der Waals surface area (Å²) in [6, 6.07) is 5.85. The highest BCUT2D eigenvalue weighted by atomic mass is 32.1. The van der Waals surface area contributed by atoms with Crippen molar-refractivity contribution in [3.8, 4) is 6.07 Å². The fourth-order valence-electron chi connectivity index (χ4n) is 2.42. The quantitative estimate of drug-likeness (QED) is 0.834. The maximum Gasteiger partial charge on any atom is 0.158 e. The van der Waals surface area contributed by atoms with E-state index >= 15 is 0 Å². The Morgan fingerprint density at radius 1 is 1.58 bits per heavy atom. The van der Waals surface area contributed by atoms with Crippen molar-refractivity contribution in [1.29, 1.82) is 5.26 Å². The first kappa shape index (κ1) is 13.4. The summed E-state index contributed by atoms with van der Waals surface area (Å²) in [5.41, 5.74) is 2.16. The van der Waals surface area contributed by atoms with Crippen LogP contribution in [0.2, 0.25) is 0 Å². The summed E-state index contributed by atoms with van der Waals surface area (Å²) in [6.07, 6.45) is 3.34. The summed E-state index contributed by atoms with van der Waals surface area (Å²) < 4.78 is 0. The number of nitrogens with zero attached hydrogens (tertiary/aromatic N) is 2. The highest BCUT2D eigenvalue weighted by Gasteiger charge is 2.37. The van der Waals surface area contributed by atoms with Crippen LogP contribution in [0, 0.1) is 17.2 Å². The van der Waals surface area contributed by atoms with Gasteiger partial charge in [-0.2, -0.15) is 5.26 Å². The van der Waals surface area contributed by atoms with Crippen LogP contribution in [-0.2, 0) is 4.79 Å².